The van der Waals surface area contributed by atoms with Gasteiger partial charge in [0.25, 0.3) is 0 Å². The lowest BCUT2D eigenvalue weighted by atomic mass is 10.2. The van der Waals surface area contributed by atoms with Crippen molar-refractivity contribution >= 4 is 5.82 Å². The number of nitrogens with one attached hydrogen (secondary N) is 1. The lowest BCUT2D eigenvalue weighted by Gasteiger charge is -2.05. The summed E-state index contributed by atoms with van der Waals surface area (Å²) in [6.45, 7) is 0.253. The van der Waals surface area contributed by atoms with Gasteiger partial charge in [0.1, 0.15) is 18.0 Å². The minimum Gasteiger partial charge on any atom is -0.366 e. The highest BCUT2D eigenvalue weighted by Crippen LogP contribution is 2.09. The maximum atomic E-state index is 13.2. The summed E-state index contributed by atoms with van der Waals surface area (Å²) < 4.78 is 25.9. The Morgan fingerprint density at radius 2 is 1.94 bits per heavy atom. The summed E-state index contributed by atoms with van der Waals surface area (Å²) in [5.41, 5.74) is 0.501. The van der Waals surface area contributed by atoms with E-state index in [9.17, 15) is 8.78 Å². The molecule has 0 saturated carbocycles. The molecule has 0 bridgehead atoms. The van der Waals surface area contributed by atoms with Gasteiger partial charge in [-0.3, -0.25) is 0 Å². The zero-order chi connectivity index (χ0) is 11.4. The average Bonchev–Trinajstić information content (AvgIpc) is 2.28. The first-order chi connectivity index (χ1) is 7.75. The van der Waals surface area contributed by atoms with Crippen LogP contribution in [-0.4, -0.2) is 9.97 Å². The Labute approximate surface area is 91.2 Å². The van der Waals surface area contributed by atoms with Crippen LogP contribution in [-0.2, 0) is 6.54 Å². The fourth-order valence-corrected chi connectivity index (χ4v) is 1.26. The molecule has 0 aliphatic heterocycles. The van der Waals surface area contributed by atoms with Gasteiger partial charge >= 0.3 is 0 Å². The van der Waals surface area contributed by atoms with E-state index < -0.39 is 5.95 Å². The molecule has 16 heavy (non-hydrogen) atoms. The van der Waals surface area contributed by atoms with Crippen molar-refractivity contribution in [2.45, 2.75) is 6.54 Å². The molecule has 2 aromatic rings. The summed E-state index contributed by atoms with van der Waals surface area (Å²) >= 11 is 0. The lowest BCUT2D eigenvalue weighted by Crippen LogP contribution is -2.03. The van der Waals surface area contributed by atoms with Crippen molar-refractivity contribution in [3.63, 3.8) is 0 Å². The zero-order valence-corrected chi connectivity index (χ0v) is 8.32. The van der Waals surface area contributed by atoms with E-state index in [1.54, 1.807) is 18.2 Å². The normalized spacial score (nSPS) is 10.1. The third kappa shape index (κ3) is 2.50. The molecule has 0 saturated heterocycles. The van der Waals surface area contributed by atoms with Crippen LogP contribution in [0.15, 0.2) is 36.7 Å². The first-order valence-corrected chi connectivity index (χ1v) is 4.70. The smallest absolute Gasteiger partial charge is 0.217 e. The van der Waals surface area contributed by atoms with E-state index in [1.165, 1.54) is 6.07 Å². The van der Waals surface area contributed by atoms with Gasteiger partial charge in [0.2, 0.25) is 5.95 Å². The molecule has 0 aliphatic carbocycles. The SMILES string of the molecule is Fc1cc(NCc2ccccc2F)ncn1. The van der Waals surface area contributed by atoms with Crippen LogP contribution in [0.4, 0.5) is 14.6 Å². The lowest BCUT2D eigenvalue weighted by molar-refractivity contribution is 0.580. The maximum absolute atomic E-state index is 13.2. The summed E-state index contributed by atoms with van der Waals surface area (Å²) in [6, 6.07) is 7.53. The number of benzene rings is 1. The van der Waals surface area contributed by atoms with Crippen molar-refractivity contribution in [3.05, 3.63) is 54.0 Å². The molecule has 3 nitrogen and oxygen atoms in total. The minimum absolute atomic E-state index is 0.253. The quantitative estimate of drug-likeness (QED) is 0.808. The Kier molecular flexibility index (Phi) is 3.05. The van der Waals surface area contributed by atoms with E-state index in [2.05, 4.69) is 15.3 Å². The minimum atomic E-state index is -0.619. The summed E-state index contributed by atoms with van der Waals surface area (Å²) in [6.07, 6.45) is 1.11. The Morgan fingerprint density at radius 3 is 2.69 bits per heavy atom. The monoisotopic (exact) mass is 221 g/mol. The van der Waals surface area contributed by atoms with E-state index >= 15 is 0 Å². The summed E-state index contributed by atoms with van der Waals surface area (Å²) in [4.78, 5) is 7.12. The predicted molar refractivity (Wildman–Crippen MR) is 55.7 cm³/mol. The molecule has 82 valence electrons. The number of anilines is 1. The molecule has 0 unspecified atom stereocenters. The first-order valence-electron chi connectivity index (χ1n) is 4.70. The van der Waals surface area contributed by atoms with Crippen LogP contribution in [0, 0.1) is 11.8 Å². The van der Waals surface area contributed by atoms with Gasteiger partial charge in [-0.05, 0) is 6.07 Å². The predicted octanol–water partition coefficient (Wildman–Crippen LogP) is 2.37. The molecule has 1 heterocycles. The molecular weight excluding hydrogens is 212 g/mol. The number of hydrogen-bond donors (Lipinski definition) is 1. The molecule has 1 N–H and O–H groups in total. The molecule has 5 heteroatoms. The Balaban J connectivity index is 2.05. The van der Waals surface area contributed by atoms with Gasteiger partial charge in [0.15, 0.2) is 0 Å². The topological polar surface area (TPSA) is 37.8 Å². The van der Waals surface area contributed by atoms with Crippen LogP contribution in [0.2, 0.25) is 0 Å². The standard InChI is InChI=1S/C11H9F2N3/c12-9-4-2-1-3-8(9)6-14-11-5-10(13)15-7-16-11/h1-5,7H,6H2,(H,14,15,16). The number of rotatable bonds is 3. The second-order valence-electron chi connectivity index (χ2n) is 3.17. The number of halogens is 2. The second-order valence-corrected chi connectivity index (χ2v) is 3.17. The molecule has 2 rings (SSSR count). The van der Waals surface area contributed by atoms with Gasteiger partial charge in [-0.25, -0.2) is 14.4 Å². The Hall–Kier alpha value is -2.04. The summed E-state index contributed by atoms with van der Waals surface area (Å²) in [5.74, 6) is -0.591. The van der Waals surface area contributed by atoms with E-state index in [-0.39, 0.29) is 12.4 Å². The fourth-order valence-electron chi connectivity index (χ4n) is 1.26. The van der Waals surface area contributed by atoms with Crippen molar-refractivity contribution in [2.24, 2.45) is 0 Å². The third-order valence-corrected chi connectivity index (χ3v) is 2.05. The van der Waals surface area contributed by atoms with Gasteiger partial charge in [0.05, 0.1) is 0 Å². The van der Waals surface area contributed by atoms with Crippen molar-refractivity contribution in [1.29, 1.82) is 0 Å². The highest BCUT2D eigenvalue weighted by Gasteiger charge is 2.01. The van der Waals surface area contributed by atoms with Crippen molar-refractivity contribution in [3.8, 4) is 0 Å². The van der Waals surface area contributed by atoms with Crippen molar-refractivity contribution in [2.75, 3.05) is 5.32 Å². The Morgan fingerprint density at radius 1 is 1.12 bits per heavy atom. The van der Waals surface area contributed by atoms with Gasteiger partial charge in [-0.1, -0.05) is 18.2 Å². The number of nitrogens with zero attached hydrogens (tertiary/aromatic N) is 2. The van der Waals surface area contributed by atoms with Crippen LogP contribution < -0.4 is 5.32 Å². The molecule has 0 radical (unpaired) electrons. The maximum Gasteiger partial charge on any atom is 0.217 e. The molecule has 0 aliphatic rings. The van der Waals surface area contributed by atoms with Crippen LogP contribution in [0.1, 0.15) is 5.56 Å². The van der Waals surface area contributed by atoms with Crippen LogP contribution >= 0.6 is 0 Å². The number of hydrogen-bond acceptors (Lipinski definition) is 3. The molecule has 1 aromatic carbocycles. The van der Waals surface area contributed by atoms with Gasteiger partial charge < -0.3 is 5.32 Å². The first kappa shape index (κ1) is 10.5. The van der Waals surface area contributed by atoms with Crippen LogP contribution in [0.5, 0.6) is 0 Å². The zero-order valence-electron chi connectivity index (χ0n) is 8.32. The van der Waals surface area contributed by atoms with Crippen LogP contribution in [0.25, 0.3) is 0 Å². The largest absolute Gasteiger partial charge is 0.366 e. The van der Waals surface area contributed by atoms with E-state index in [4.69, 9.17) is 0 Å². The Bertz CT molecular complexity index is 488. The van der Waals surface area contributed by atoms with Crippen molar-refractivity contribution in [1.82, 2.24) is 9.97 Å². The highest BCUT2D eigenvalue weighted by atomic mass is 19.1. The van der Waals surface area contributed by atoms with E-state index in [0.717, 1.165) is 12.4 Å². The fraction of sp³-hybridized carbons (Fsp3) is 0.0909. The third-order valence-electron chi connectivity index (χ3n) is 2.05. The summed E-state index contributed by atoms with van der Waals surface area (Å²) in [7, 11) is 0. The average molecular weight is 221 g/mol. The molecule has 0 amide bonds. The van der Waals surface area contributed by atoms with Gasteiger partial charge in [0, 0.05) is 18.2 Å². The number of aromatic nitrogens is 2. The van der Waals surface area contributed by atoms with Crippen LogP contribution in [0.3, 0.4) is 0 Å². The second kappa shape index (κ2) is 4.65. The molecule has 0 spiro atoms. The van der Waals surface area contributed by atoms with Gasteiger partial charge in [-0.15, -0.1) is 0 Å². The van der Waals surface area contributed by atoms with Gasteiger partial charge in [-0.2, -0.15) is 4.39 Å². The molecule has 0 atom stereocenters. The summed E-state index contributed by atoms with van der Waals surface area (Å²) in [5, 5.41) is 2.81. The van der Waals surface area contributed by atoms with E-state index in [1.807, 2.05) is 0 Å². The molecule has 0 fully saturated rings. The van der Waals surface area contributed by atoms with E-state index in [0.29, 0.717) is 11.4 Å². The molecule has 1 aromatic heterocycles. The molecular formula is C11H9F2N3. The van der Waals surface area contributed by atoms with Crippen molar-refractivity contribution < 1.29 is 8.78 Å². The highest BCUT2D eigenvalue weighted by molar-refractivity contribution is 5.34.